The molecule has 0 aromatic heterocycles. The molecule has 23 heavy (non-hydrogen) atoms. The molecule has 5 heteroatoms. The molecule has 0 unspecified atom stereocenters. The summed E-state index contributed by atoms with van der Waals surface area (Å²) in [6.45, 7) is 2.24. The van der Waals surface area contributed by atoms with E-state index >= 15 is 0 Å². The van der Waals surface area contributed by atoms with Crippen LogP contribution in [0.2, 0.25) is 5.02 Å². The summed E-state index contributed by atoms with van der Waals surface area (Å²) in [7, 11) is 0. The Hall–Kier alpha value is -2.33. The molecule has 0 aliphatic carbocycles. The van der Waals surface area contributed by atoms with E-state index < -0.39 is 11.8 Å². The number of carbonyl (C=O) groups excluding carboxylic acids is 2. The molecule has 2 aromatic rings. The van der Waals surface area contributed by atoms with Crippen molar-refractivity contribution in [3.63, 3.8) is 0 Å². The highest BCUT2D eigenvalue weighted by atomic mass is 35.5. The van der Waals surface area contributed by atoms with Gasteiger partial charge in [-0.1, -0.05) is 54.1 Å². The number of amides is 2. The van der Waals surface area contributed by atoms with E-state index in [1.165, 1.54) is 0 Å². The molecule has 0 saturated heterocycles. The lowest BCUT2D eigenvalue weighted by Gasteiger charge is -2.14. The average molecular weight is 331 g/mol. The minimum absolute atomic E-state index is 0.217. The monoisotopic (exact) mass is 330 g/mol. The predicted molar refractivity (Wildman–Crippen MR) is 91.2 cm³/mol. The molecule has 0 heterocycles. The topological polar surface area (TPSA) is 58.2 Å². The van der Waals surface area contributed by atoms with Crippen molar-refractivity contribution in [3.8, 4) is 0 Å². The van der Waals surface area contributed by atoms with Gasteiger partial charge in [-0.3, -0.25) is 9.59 Å². The van der Waals surface area contributed by atoms with Crippen molar-refractivity contribution >= 4 is 23.4 Å². The highest BCUT2D eigenvalue weighted by Crippen LogP contribution is 2.11. The molecule has 0 fully saturated rings. The van der Waals surface area contributed by atoms with E-state index in [9.17, 15) is 9.59 Å². The number of halogens is 1. The fourth-order valence-corrected chi connectivity index (χ4v) is 2.26. The fourth-order valence-electron chi connectivity index (χ4n) is 2.14. The molecule has 2 amide bonds. The Balaban J connectivity index is 1.76. The van der Waals surface area contributed by atoms with E-state index in [1.54, 1.807) is 12.1 Å². The average Bonchev–Trinajstić information content (AvgIpc) is 2.57. The zero-order chi connectivity index (χ0) is 16.7. The summed E-state index contributed by atoms with van der Waals surface area (Å²) in [5.74, 6) is -1.25. The number of benzene rings is 2. The van der Waals surface area contributed by atoms with Crippen molar-refractivity contribution in [1.29, 1.82) is 0 Å². The molecule has 2 N–H and O–H groups in total. The summed E-state index contributed by atoms with van der Waals surface area (Å²) in [5.41, 5.74) is 2.00. The first-order valence-electron chi connectivity index (χ1n) is 7.44. The van der Waals surface area contributed by atoms with Crippen LogP contribution >= 0.6 is 11.6 Å². The van der Waals surface area contributed by atoms with Crippen LogP contribution in [0.5, 0.6) is 0 Å². The van der Waals surface area contributed by atoms with Gasteiger partial charge >= 0.3 is 11.8 Å². The first kappa shape index (κ1) is 17.0. The Labute approximate surface area is 140 Å². The summed E-state index contributed by atoms with van der Waals surface area (Å²) in [6.07, 6.45) is 0.643. The Bertz CT molecular complexity index is 656. The van der Waals surface area contributed by atoms with Gasteiger partial charge in [-0.15, -0.1) is 0 Å². The molecule has 0 aliphatic rings. The molecule has 0 bridgehead atoms. The second-order valence-corrected chi connectivity index (χ2v) is 5.67. The van der Waals surface area contributed by atoms with Crippen LogP contribution in [-0.2, 0) is 16.0 Å². The maximum Gasteiger partial charge on any atom is 0.309 e. The summed E-state index contributed by atoms with van der Waals surface area (Å²) < 4.78 is 0. The van der Waals surface area contributed by atoms with Crippen LogP contribution in [0.15, 0.2) is 54.6 Å². The van der Waals surface area contributed by atoms with Crippen molar-refractivity contribution in [3.05, 3.63) is 70.7 Å². The molecule has 0 saturated carbocycles. The van der Waals surface area contributed by atoms with Crippen molar-refractivity contribution in [2.75, 3.05) is 6.54 Å². The molecule has 0 aliphatic heterocycles. The van der Waals surface area contributed by atoms with E-state index in [-0.39, 0.29) is 6.04 Å². The highest BCUT2D eigenvalue weighted by molar-refractivity contribution is 6.35. The molecule has 2 rings (SSSR count). The van der Waals surface area contributed by atoms with Gasteiger partial charge in [0.1, 0.15) is 0 Å². The second-order valence-electron chi connectivity index (χ2n) is 5.24. The Morgan fingerprint density at radius 1 is 1.00 bits per heavy atom. The first-order chi connectivity index (χ1) is 11.1. The van der Waals surface area contributed by atoms with Gasteiger partial charge in [0.15, 0.2) is 0 Å². The Morgan fingerprint density at radius 2 is 1.65 bits per heavy atom. The van der Waals surface area contributed by atoms with E-state index in [4.69, 9.17) is 11.6 Å². The van der Waals surface area contributed by atoms with E-state index in [0.717, 1.165) is 11.1 Å². The third-order valence-corrected chi connectivity index (χ3v) is 3.72. The van der Waals surface area contributed by atoms with Crippen molar-refractivity contribution in [2.24, 2.45) is 0 Å². The van der Waals surface area contributed by atoms with Crippen LogP contribution in [0.3, 0.4) is 0 Å². The maximum atomic E-state index is 11.9. The summed E-state index contributed by atoms with van der Waals surface area (Å²) in [4.78, 5) is 23.7. The van der Waals surface area contributed by atoms with Crippen molar-refractivity contribution in [2.45, 2.75) is 19.4 Å². The minimum Gasteiger partial charge on any atom is -0.348 e. The summed E-state index contributed by atoms with van der Waals surface area (Å²) in [5, 5.41) is 5.98. The third kappa shape index (κ3) is 5.42. The van der Waals surface area contributed by atoms with Crippen molar-refractivity contribution < 1.29 is 9.59 Å². The lowest BCUT2D eigenvalue weighted by Crippen LogP contribution is -2.41. The zero-order valence-corrected chi connectivity index (χ0v) is 13.6. The maximum absolute atomic E-state index is 11.9. The third-order valence-electron chi connectivity index (χ3n) is 3.47. The van der Waals surface area contributed by atoms with Crippen LogP contribution in [0.4, 0.5) is 0 Å². The van der Waals surface area contributed by atoms with Gasteiger partial charge in [0.2, 0.25) is 0 Å². The van der Waals surface area contributed by atoms with Crippen LogP contribution in [0.1, 0.15) is 24.1 Å². The molecular weight excluding hydrogens is 312 g/mol. The van der Waals surface area contributed by atoms with Crippen LogP contribution in [0, 0.1) is 0 Å². The van der Waals surface area contributed by atoms with Gasteiger partial charge in [0.05, 0.1) is 6.04 Å². The van der Waals surface area contributed by atoms with Crippen LogP contribution < -0.4 is 10.6 Å². The molecule has 0 spiro atoms. The Kier molecular flexibility index (Phi) is 6.18. The lowest BCUT2D eigenvalue weighted by molar-refractivity contribution is -0.139. The van der Waals surface area contributed by atoms with E-state index in [2.05, 4.69) is 10.6 Å². The Morgan fingerprint density at radius 3 is 2.30 bits per heavy atom. The summed E-state index contributed by atoms with van der Waals surface area (Å²) in [6, 6.07) is 16.7. The second kappa shape index (κ2) is 8.34. The lowest BCUT2D eigenvalue weighted by atomic mass is 10.1. The van der Waals surface area contributed by atoms with E-state index in [0.29, 0.717) is 18.0 Å². The number of carbonyl (C=O) groups is 2. The molecule has 120 valence electrons. The van der Waals surface area contributed by atoms with Gasteiger partial charge in [0, 0.05) is 11.6 Å². The van der Waals surface area contributed by atoms with Gasteiger partial charge in [-0.05, 0) is 36.6 Å². The molecule has 4 nitrogen and oxygen atoms in total. The van der Waals surface area contributed by atoms with Gasteiger partial charge in [-0.25, -0.2) is 0 Å². The molecule has 2 aromatic carbocycles. The zero-order valence-electron chi connectivity index (χ0n) is 12.9. The smallest absolute Gasteiger partial charge is 0.309 e. The normalized spacial score (nSPS) is 11.6. The SMILES string of the molecule is C[C@@H](NC(=O)C(=O)NCCc1ccc(Cl)cc1)c1ccccc1. The van der Waals surface area contributed by atoms with Gasteiger partial charge in [-0.2, -0.15) is 0 Å². The quantitative estimate of drug-likeness (QED) is 0.828. The van der Waals surface area contributed by atoms with Gasteiger partial charge < -0.3 is 10.6 Å². The summed E-state index contributed by atoms with van der Waals surface area (Å²) >= 11 is 5.81. The molecule has 1 atom stereocenters. The predicted octanol–water partition coefficient (Wildman–Crippen LogP) is 2.88. The van der Waals surface area contributed by atoms with Crippen LogP contribution in [0.25, 0.3) is 0 Å². The number of rotatable bonds is 5. The molecule has 0 radical (unpaired) electrons. The molecular formula is C18H19ClN2O2. The number of hydrogen-bond acceptors (Lipinski definition) is 2. The first-order valence-corrected chi connectivity index (χ1v) is 7.82. The fraction of sp³-hybridized carbons (Fsp3) is 0.222. The number of nitrogens with one attached hydrogen (secondary N) is 2. The largest absolute Gasteiger partial charge is 0.348 e. The van der Waals surface area contributed by atoms with Gasteiger partial charge in [0.25, 0.3) is 0 Å². The number of hydrogen-bond donors (Lipinski definition) is 2. The minimum atomic E-state index is -0.627. The van der Waals surface area contributed by atoms with Crippen molar-refractivity contribution in [1.82, 2.24) is 10.6 Å². The highest BCUT2D eigenvalue weighted by Gasteiger charge is 2.16. The standard InChI is InChI=1S/C18H19ClN2O2/c1-13(15-5-3-2-4-6-15)21-18(23)17(22)20-12-11-14-7-9-16(19)10-8-14/h2-10,13H,11-12H2,1H3,(H,20,22)(H,21,23)/t13-/m1/s1. The van der Waals surface area contributed by atoms with E-state index in [1.807, 2.05) is 49.4 Å². The van der Waals surface area contributed by atoms with Crippen LogP contribution in [-0.4, -0.2) is 18.4 Å².